The van der Waals surface area contributed by atoms with Gasteiger partial charge in [0.05, 0.1) is 0 Å². The van der Waals surface area contributed by atoms with Gasteiger partial charge in [-0.05, 0) is 0 Å². The summed E-state index contributed by atoms with van der Waals surface area (Å²) in [5, 5.41) is 117. The molecule has 0 aliphatic carbocycles. The van der Waals surface area contributed by atoms with Crippen LogP contribution in [0.3, 0.4) is 0 Å². The summed E-state index contributed by atoms with van der Waals surface area (Å²) in [7, 11) is 0. The summed E-state index contributed by atoms with van der Waals surface area (Å²) in [5.74, 6) is 0. The summed E-state index contributed by atoms with van der Waals surface area (Å²) >= 11 is 0. The minimum absolute atomic E-state index is 0. The van der Waals surface area contributed by atoms with E-state index in [-0.39, 0.29) is 12.3 Å². The van der Waals surface area contributed by atoms with Gasteiger partial charge < -0.3 is 6.15 Å². The Balaban J connectivity index is 0.00000157. The van der Waals surface area contributed by atoms with E-state index in [4.69, 9.17) is 0 Å². The molecule has 0 radical (unpaired) electrons. The zero-order valence-electron chi connectivity index (χ0n) is 36.4. The first-order valence-corrected chi connectivity index (χ1v) is 26.2. The van der Waals surface area contributed by atoms with Crippen molar-refractivity contribution in [2.75, 3.05) is 0 Å². The smallest absolute Gasteiger partial charge is 0 e. The van der Waals surface area contributed by atoms with Gasteiger partial charge in [-0.15, -0.1) is 0 Å². The van der Waals surface area contributed by atoms with Crippen LogP contribution in [-0.4, -0.2) is 0 Å². The molecule has 0 aliphatic rings. The molecule has 0 heterocycles. The van der Waals surface area contributed by atoms with Crippen LogP contribution in [0.4, 0.5) is 0 Å². The molecule has 0 fully saturated rings. The topological polar surface area (TPSA) is 35.0 Å². The van der Waals surface area contributed by atoms with E-state index in [2.05, 4.69) is 0 Å². The fraction of sp³-hybridized carbons (Fsp3) is 0. The van der Waals surface area contributed by atoms with Crippen molar-refractivity contribution in [1.82, 2.24) is 6.15 Å². The summed E-state index contributed by atoms with van der Waals surface area (Å²) < 4.78 is 0. The van der Waals surface area contributed by atoms with Gasteiger partial charge in [-0.3, -0.25) is 0 Å². The first-order valence-electron chi connectivity index (χ1n) is 26.2. The molecule has 72 heavy (non-hydrogen) atoms. The second kappa shape index (κ2) is 5.66. The van der Waals surface area contributed by atoms with E-state index in [0.29, 0.717) is 0 Å². The molecule has 37 aromatic rings. The summed E-state index contributed by atoms with van der Waals surface area (Å²) in [6.45, 7) is 0. The van der Waals surface area contributed by atoms with Gasteiger partial charge in [0.25, 0.3) is 0 Å². The Morgan fingerprint density at radius 1 is 0.0556 bits per heavy atom. The fourth-order valence-electron chi connectivity index (χ4n) is 26.2. The zero-order chi connectivity index (χ0) is 40.4. The zero-order valence-corrected chi connectivity index (χ0v) is 36.4. The molecular weight excluding hydrogens is 859 g/mol. The Labute approximate surface area is 387 Å². The maximum atomic E-state index is 1.67. The summed E-state index contributed by atoms with van der Waals surface area (Å²) in [6.07, 6.45) is 0. The van der Waals surface area contributed by atoms with E-state index >= 15 is 0 Å². The number of rotatable bonds is 0. The van der Waals surface area contributed by atoms with Crippen LogP contribution in [0.5, 0.6) is 0 Å². The standard InChI is InChI=1S/C70.He.H3N/c1-2-22-5-6-24-13-14-26-11-9-23-4-3(21(1)51-52(22)54(24)55(26)53(23)51)33-31(1)61-35-7-8-27-15-16-29-19-20-30-18-17-28-12-10(25(7)56-57(27)59(29)60(30)58(28)56)37(35)63(33)65-36(4)40(9)67(44(17)42(12)65)69-46(11)47(14)70(50(20)49(18)69)68-43(13)39(6)66(45(16)48(19)68)64-34(5)32(2)62(61)38(8)41(15)64;;/h;;1H3. The Kier molecular flexibility index (Phi) is 2.05. The first-order chi connectivity index (χ1) is 35.0. The van der Waals surface area contributed by atoms with Gasteiger partial charge in [-0.1, -0.05) is 0 Å². The number of hydrogen-bond donors (Lipinski definition) is 1. The van der Waals surface area contributed by atoms with Crippen molar-refractivity contribution in [3.05, 3.63) is 0 Å². The third-order valence-corrected chi connectivity index (χ3v) is 26.2. The van der Waals surface area contributed by atoms with Crippen LogP contribution in [0.25, 0.3) is 377 Å². The molecule has 0 amide bonds. The maximum Gasteiger partial charge on any atom is 0 e. The third-order valence-electron chi connectivity index (χ3n) is 26.2. The number of hydrogen-bond acceptors (Lipinski definition) is 1. The van der Waals surface area contributed by atoms with Crippen molar-refractivity contribution in [2.24, 2.45) is 0 Å². The van der Waals surface area contributed by atoms with Crippen molar-refractivity contribution in [3.8, 4) is 0 Å². The van der Waals surface area contributed by atoms with E-state index in [1.54, 1.807) is 377 Å². The van der Waals surface area contributed by atoms with Gasteiger partial charge in [-0.25, -0.2) is 0 Å². The molecule has 0 aromatic heterocycles. The van der Waals surface area contributed by atoms with E-state index < -0.39 is 0 Å². The molecule has 0 unspecified atom stereocenters. The molecule has 0 spiro atoms. The molecule has 37 aromatic carbocycles. The van der Waals surface area contributed by atoms with Crippen molar-refractivity contribution < 1.29 is 6.15 Å². The minimum atomic E-state index is 0. The average molecular weight is 862 g/mol. The molecule has 37 rings (SSSR count). The molecular formula is C70H3HeN. The molecule has 290 valence electrons. The first kappa shape index (κ1) is 26.1. The van der Waals surface area contributed by atoms with Crippen LogP contribution in [-0.2, 0) is 0 Å². The Hall–Kier alpha value is -9.23. The second-order valence-electron chi connectivity index (χ2n) is 26.2. The predicted molar refractivity (Wildman–Crippen MR) is 309 cm³/mol. The molecule has 0 saturated heterocycles. The van der Waals surface area contributed by atoms with E-state index in [1.165, 1.54) is 0 Å². The second-order valence-corrected chi connectivity index (χ2v) is 26.2. The van der Waals surface area contributed by atoms with E-state index in [9.17, 15) is 0 Å². The summed E-state index contributed by atoms with van der Waals surface area (Å²) in [4.78, 5) is 0. The molecule has 0 atom stereocenters. The molecule has 0 bridgehead atoms. The van der Waals surface area contributed by atoms with Crippen molar-refractivity contribution in [1.29, 1.82) is 0 Å². The molecule has 0 aliphatic heterocycles. The summed E-state index contributed by atoms with van der Waals surface area (Å²) in [5.41, 5.74) is 0. The van der Waals surface area contributed by atoms with Crippen LogP contribution >= 0.6 is 0 Å². The van der Waals surface area contributed by atoms with E-state index in [1.807, 2.05) is 0 Å². The molecule has 2 heteroatoms. The van der Waals surface area contributed by atoms with Crippen LogP contribution < -0.4 is 6.15 Å². The van der Waals surface area contributed by atoms with Gasteiger partial charge in [0.1, 0.15) is 0 Å². The molecule has 1 nitrogen and oxygen atoms in total. The third kappa shape index (κ3) is 1.29. The van der Waals surface area contributed by atoms with Gasteiger partial charge in [-0.2, -0.15) is 0 Å². The largest absolute Gasteiger partial charge is 0.344 e. The molecule has 3 N–H and O–H groups in total. The van der Waals surface area contributed by atoms with Crippen molar-refractivity contribution in [2.45, 2.75) is 0 Å². The maximum absolute atomic E-state index is 1.67. The fourth-order valence-corrected chi connectivity index (χ4v) is 26.2. The van der Waals surface area contributed by atoms with Crippen LogP contribution in [0.2, 0.25) is 0 Å². The van der Waals surface area contributed by atoms with Gasteiger partial charge in [0.2, 0.25) is 0 Å². The van der Waals surface area contributed by atoms with Crippen molar-refractivity contribution >= 4 is 377 Å². The molecule has 0 saturated carbocycles. The normalized spacial score (nSPS) is 17.5. The van der Waals surface area contributed by atoms with Gasteiger partial charge in [0, 0.05) is 383 Å². The van der Waals surface area contributed by atoms with Crippen molar-refractivity contribution in [3.63, 3.8) is 0 Å². The SMILES string of the molecule is N.[He].c12c3c4c5c1c1c6c7c2c2c8c3c3c9c4c4c%10c5c5c1c1c6c6c%11c%12c%13c%14c%15c%16c%17c%14c%14c%18c%13c%11c1c1c5c%10c5c(c%14c%10c%17c%11c%13c%16c%14c%16c%15c%12c%12c%16c(c2c7c%126)c2c8c3c(c%13c%142)c2c9c4c5c%10c%112)c%181. The van der Waals surface area contributed by atoms with Gasteiger partial charge >= 0.3 is 0 Å². The van der Waals surface area contributed by atoms with Crippen LogP contribution in [0, 0.1) is 6.15 Å². The average Bonchev–Trinajstić information content (AvgIpc) is 4.38. The Morgan fingerprint density at radius 3 is 0.0833 bits per heavy atom. The summed E-state index contributed by atoms with van der Waals surface area (Å²) in [6, 6.07) is 0. The van der Waals surface area contributed by atoms with Gasteiger partial charge in [0.15, 0.2) is 0 Å². The van der Waals surface area contributed by atoms with Crippen LogP contribution in [0.15, 0.2) is 0 Å². The predicted octanol–water partition coefficient (Wildman–Crippen LogP) is 20.8. The Morgan fingerprint density at radius 2 is 0.0694 bits per heavy atom. The minimum Gasteiger partial charge on any atom is -0.344 e. The number of benzene rings is 25. The monoisotopic (exact) mass is 861 g/mol. The Bertz CT molecular complexity index is 6610. The quantitative estimate of drug-likeness (QED) is 0.120. The van der Waals surface area contributed by atoms with E-state index in [0.717, 1.165) is 0 Å². The van der Waals surface area contributed by atoms with Crippen LogP contribution in [0.1, 0.15) is 0 Å².